The van der Waals surface area contributed by atoms with Crippen LogP contribution in [-0.4, -0.2) is 62.5 Å². The van der Waals surface area contributed by atoms with Gasteiger partial charge in [-0.1, -0.05) is 30.3 Å². The van der Waals surface area contributed by atoms with Crippen LogP contribution in [0.2, 0.25) is 0 Å². The average Bonchev–Trinajstić information content (AvgIpc) is 3.20. The molecule has 1 atom stereocenters. The molecular formula is C23H25N7O2. The second kappa shape index (κ2) is 8.89. The number of benzene rings is 1. The van der Waals surface area contributed by atoms with E-state index in [1.165, 1.54) is 0 Å². The van der Waals surface area contributed by atoms with Gasteiger partial charge in [0.25, 0.3) is 0 Å². The molecule has 0 amide bonds. The minimum atomic E-state index is -0.666. The number of nitrogens with zero attached hydrogens (tertiary/aromatic N) is 6. The lowest BCUT2D eigenvalue weighted by molar-refractivity contribution is 0.122. The molecule has 32 heavy (non-hydrogen) atoms. The number of aliphatic hydroxyl groups excluding tert-OH is 1. The first-order chi connectivity index (χ1) is 15.7. The zero-order valence-corrected chi connectivity index (χ0v) is 17.8. The molecule has 4 heterocycles. The van der Waals surface area contributed by atoms with Gasteiger partial charge in [0.1, 0.15) is 5.82 Å². The molecule has 1 fully saturated rings. The van der Waals surface area contributed by atoms with Crippen LogP contribution in [0.5, 0.6) is 0 Å². The average molecular weight is 432 g/mol. The monoisotopic (exact) mass is 431 g/mol. The van der Waals surface area contributed by atoms with Gasteiger partial charge in [-0.3, -0.25) is 4.98 Å². The molecule has 1 aromatic carbocycles. The normalized spacial score (nSPS) is 15.1. The van der Waals surface area contributed by atoms with Gasteiger partial charge in [-0.25, -0.2) is 4.98 Å². The number of morpholine rings is 1. The van der Waals surface area contributed by atoms with E-state index in [0.717, 1.165) is 47.0 Å². The standard InChI is InChI=1S/C23H25N7O2/c1-29-20(17-7-9-24-10-8-17)26-19-21(29)27-23(28-22(19)30-11-13-32-14-12-30)25-15-18(31)16-5-3-2-4-6-16/h2-10,18,31H,11-15H2,1H3,(H,25,27,28). The lowest BCUT2D eigenvalue weighted by Gasteiger charge is -2.28. The predicted octanol–water partition coefficient (Wildman–Crippen LogP) is 2.41. The van der Waals surface area contributed by atoms with E-state index in [1.807, 2.05) is 54.1 Å². The van der Waals surface area contributed by atoms with E-state index in [2.05, 4.69) is 15.2 Å². The smallest absolute Gasteiger partial charge is 0.226 e. The van der Waals surface area contributed by atoms with Gasteiger partial charge >= 0.3 is 0 Å². The fourth-order valence-corrected chi connectivity index (χ4v) is 3.86. The molecule has 5 rings (SSSR count). The highest BCUT2D eigenvalue weighted by Gasteiger charge is 2.22. The van der Waals surface area contributed by atoms with Gasteiger partial charge in [0.2, 0.25) is 5.95 Å². The number of hydrogen-bond acceptors (Lipinski definition) is 8. The van der Waals surface area contributed by atoms with Crippen molar-refractivity contribution in [2.75, 3.05) is 43.1 Å². The summed E-state index contributed by atoms with van der Waals surface area (Å²) in [6.07, 6.45) is 2.84. The van der Waals surface area contributed by atoms with E-state index < -0.39 is 6.10 Å². The Morgan fingerprint density at radius 2 is 1.78 bits per heavy atom. The number of rotatable bonds is 6. The van der Waals surface area contributed by atoms with Gasteiger partial charge in [-0.2, -0.15) is 9.97 Å². The number of pyridine rings is 1. The highest BCUT2D eigenvalue weighted by molar-refractivity contribution is 5.88. The van der Waals surface area contributed by atoms with Gasteiger partial charge in [0, 0.05) is 44.6 Å². The van der Waals surface area contributed by atoms with Crippen LogP contribution in [0.1, 0.15) is 11.7 Å². The van der Waals surface area contributed by atoms with Crippen molar-refractivity contribution in [1.29, 1.82) is 0 Å². The van der Waals surface area contributed by atoms with Gasteiger partial charge in [-0.15, -0.1) is 0 Å². The Hall–Kier alpha value is -3.56. The zero-order chi connectivity index (χ0) is 21.9. The molecule has 1 aliphatic rings. The minimum Gasteiger partial charge on any atom is -0.387 e. The number of aromatic nitrogens is 5. The van der Waals surface area contributed by atoms with Crippen LogP contribution in [-0.2, 0) is 11.8 Å². The highest BCUT2D eigenvalue weighted by atomic mass is 16.5. The number of nitrogens with one attached hydrogen (secondary N) is 1. The van der Waals surface area contributed by atoms with Crippen molar-refractivity contribution in [3.63, 3.8) is 0 Å². The van der Waals surface area contributed by atoms with E-state index >= 15 is 0 Å². The van der Waals surface area contributed by atoms with Crippen molar-refractivity contribution in [2.45, 2.75) is 6.10 Å². The van der Waals surface area contributed by atoms with Crippen LogP contribution >= 0.6 is 0 Å². The number of hydrogen-bond donors (Lipinski definition) is 2. The van der Waals surface area contributed by atoms with Gasteiger partial charge < -0.3 is 24.6 Å². The first kappa shape index (κ1) is 20.3. The molecule has 164 valence electrons. The van der Waals surface area contributed by atoms with Crippen LogP contribution in [0, 0.1) is 0 Å². The predicted molar refractivity (Wildman–Crippen MR) is 122 cm³/mol. The maximum atomic E-state index is 10.6. The largest absolute Gasteiger partial charge is 0.387 e. The van der Waals surface area contributed by atoms with Crippen LogP contribution in [0.15, 0.2) is 54.9 Å². The summed E-state index contributed by atoms with van der Waals surface area (Å²) in [4.78, 5) is 20.7. The van der Waals surface area contributed by atoms with E-state index in [0.29, 0.717) is 25.7 Å². The second-order valence-electron chi connectivity index (χ2n) is 7.68. The Balaban J connectivity index is 1.52. The molecule has 0 saturated carbocycles. The molecule has 9 heteroatoms. The lowest BCUT2D eigenvalue weighted by atomic mass is 10.1. The Morgan fingerprint density at radius 1 is 1.03 bits per heavy atom. The summed E-state index contributed by atoms with van der Waals surface area (Å²) in [7, 11) is 1.95. The second-order valence-corrected chi connectivity index (χ2v) is 7.68. The zero-order valence-electron chi connectivity index (χ0n) is 17.8. The first-order valence-corrected chi connectivity index (χ1v) is 10.6. The van der Waals surface area contributed by atoms with Crippen LogP contribution in [0.4, 0.5) is 11.8 Å². The van der Waals surface area contributed by atoms with Crippen LogP contribution < -0.4 is 10.2 Å². The van der Waals surface area contributed by atoms with Crippen LogP contribution in [0.3, 0.4) is 0 Å². The summed E-state index contributed by atoms with van der Waals surface area (Å²) in [5, 5.41) is 13.8. The molecule has 4 aromatic rings. The first-order valence-electron chi connectivity index (χ1n) is 10.6. The fourth-order valence-electron chi connectivity index (χ4n) is 3.86. The van der Waals surface area contributed by atoms with Gasteiger partial charge in [0.05, 0.1) is 19.3 Å². The van der Waals surface area contributed by atoms with E-state index in [4.69, 9.17) is 19.7 Å². The fraction of sp³-hybridized carbons (Fsp3) is 0.304. The number of anilines is 2. The Morgan fingerprint density at radius 3 is 2.53 bits per heavy atom. The van der Waals surface area contributed by atoms with E-state index in [9.17, 15) is 5.11 Å². The maximum absolute atomic E-state index is 10.6. The number of imidazole rings is 1. The molecule has 9 nitrogen and oxygen atoms in total. The highest BCUT2D eigenvalue weighted by Crippen LogP contribution is 2.30. The van der Waals surface area contributed by atoms with Crippen molar-refractivity contribution in [3.8, 4) is 11.4 Å². The Bertz CT molecular complexity index is 1190. The molecule has 0 bridgehead atoms. The maximum Gasteiger partial charge on any atom is 0.226 e. The summed E-state index contributed by atoms with van der Waals surface area (Å²) in [6.45, 7) is 3.06. The summed E-state index contributed by atoms with van der Waals surface area (Å²) in [6, 6.07) is 13.4. The van der Waals surface area contributed by atoms with Gasteiger partial charge in [-0.05, 0) is 17.7 Å². The summed E-state index contributed by atoms with van der Waals surface area (Å²) in [5.41, 5.74) is 3.28. The topological polar surface area (TPSA) is 101 Å². The minimum absolute atomic E-state index is 0.299. The molecule has 3 aromatic heterocycles. The van der Waals surface area contributed by atoms with Crippen molar-refractivity contribution in [3.05, 3.63) is 60.4 Å². The quantitative estimate of drug-likeness (QED) is 0.480. The van der Waals surface area contributed by atoms with E-state index in [-0.39, 0.29) is 0 Å². The third kappa shape index (κ3) is 4.00. The Kier molecular flexibility index (Phi) is 5.66. The third-order valence-electron chi connectivity index (χ3n) is 5.59. The van der Waals surface area contributed by atoms with Crippen molar-refractivity contribution < 1.29 is 9.84 Å². The van der Waals surface area contributed by atoms with Crippen LogP contribution in [0.25, 0.3) is 22.6 Å². The summed E-state index contributed by atoms with van der Waals surface area (Å²) in [5.74, 6) is 2.02. The third-order valence-corrected chi connectivity index (χ3v) is 5.59. The molecule has 1 unspecified atom stereocenters. The van der Waals surface area contributed by atoms with E-state index in [1.54, 1.807) is 12.4 Å². The van der Waals surface area contributed by atoms with Crippen molar-refractivity contribution >= 4 is 22.9 Å². The number of aryl methyl sites for hydroxylation is 1. The molecule has 1 saturated heterocycles. The molecule has 0 radical (unpaired) electrons. The molecule has 0 spiro atoms. The molecular weight excluding hydrogens is 406 g/mol. The lowest BCUT2D eigenvalue weighted by Crippen LogP contribution is -2.37. The molecule has 1 aliphatic heterocycles. The SMILES string of the molecule is Cn1c(-c2ccncc2)nc2c(N3CCOCC3)nc(NCC(O)c3ccccc3)nc21. The number of fused-ring (bicyclic) bond motifs is 1. The number of aliphatic hydroxyl groups is 1. The van der Waals surface area contributed by atoms with Crippen molar-refractivity contribution in [1.82, 2.24) is 24.5 Å². The van der Waals surface area contributed by atoms with Gasteiger partial charge in [0.15, 0.2) is 17.0 Å². The van der Waals surface area contributed by atoms with Crippen molar-refractivity contribution in [2.24, 2.45) is 7.05 Å². The molecule has 0 aliphatic carbocycles. The Labute approximate surface area is 185 Å². The summed E-state index contributed by atoms with van der Waals surface area (Å²) < 4.78 is 7.49. The summed E-state index contributed by atoms with van der Waals surface area (Å²) >= 11 is 0. The number of ether oxygens (including phenoxy) is 1. The molecule has 2 N–H and O–H groups in total.